The van der Waals surface area contributed by atoms with E-state index in [1.54, 1.807) is 12.1 Å². The molecule has 0 saturated carbocycles. The van der Waals surface area contributed by atoms with Gasteiger partial charge in [-0.05, 0) is 51.5 Å². The lowest BCUT2D eigenvalue weighted by Crippen LogP contribution is -2.46. The number of aromatic hydroxyl groups is 1. The van der Waals surface area contributed by atoms with Gasteiger partial charge in [-0.25, -0.2) is 0 Å². The molecule has 0 aromatic heterocycles. The highest BCUT2D eigenvalue weighted by Crippen LogP contribution is 2.25. The third-order valence-electron chi connectivity index (χ3n) is 2.86. The maximum Gasteiger partial charge on any atom is 0.233 e. The number of hydrogen-bond acceptors (Lipinski definition) is 3. The summed E-state index contributed by atoms with van der Waals surface area (Å²) in [5.41, 5.74) is -0.166. The molecule has 0 fully saturated rings. The minimum atomic E-state index is -0.166. The van der Waals surface area contributed by atoms with Crippen LogP contribution >= 0.6 is 11.8 Å². The molecule has 3 nitrogen and oxygen atoms in total. The number of hydrogen-bond donors (Lipinski definition) is 2. The zero-order valence-electron chi connectivity index (χ0n) is 11.4. The molecule has 0 heterocycles. The number of phenolic OH excluding ortho intramolecular Hbond substituents is 1. The van der Waals surface area contributed by atoms with Gasteiger partial charge in [-0.15, -0.1) is 11.8 Å². The fourth-order valence-corrected chi connectivity index (χ4v) is 2.17. The lowest BCUT2D eigenvalue weighted by molar-refractivity contribution is -0.121. The van der Waals surface area contributed by atoms with Crippen LogP contribution in [-0.4, -0.2) is 21.8 Å². The van der Waals surface area contributed by atoms with Gasteiger partial charge in [0.25, 0.3) is 0 Å². The molecule has 1 aromatic rings. The number of benzene rings is 1. The van der Waals surface area contributed by atoms with Crippen molar-refractivity contribution in [3.63, 3.8) is 0 Å². The first-order valence-corrected chi connectivity index (χ1v) is 7.00. The first kappa shape index (κ1) is 14.9. The Morgan fingerprint density at radius 3 is 2.44 bits per heavy atom. The molecular weight excluding hydrogens is 246 g/mol. The SMILES string of the molecule is CCC(C)(C)NC(=O)[C@@H](C)Sc1ccc(O)cc1. The Morgan fingerprint density at radius 1 is 1.39 bits per heavy atom. The maximum atomic E-state index is 12.0. The number of phenols is 1. The molecule has 0 aliphatic rings. The average Bonchev–Trinajstić information content (AvgIpc) is 2.31. The highest BCUT2D eigenvalue weighted by molar-refractivity contribution is 8.00. The van der Waals surface area contributed by atoms with Crippen LogP contribution in [0.25, 0.3) is 0 Å². The second kappa shape index (κ2) is 6.14. The highest BCUT2D eigenvalue weighted by Gasteiger charge is 2.22. The molecule has 0 radical (unpaired) electrons. The van der Waals surface area contributed by atoms with Gasteiger partial charge in [0, 0.05) is 10.4 Å². The molecule has 4 heteroatoms. The minimum Gasteiger partial charge on any atom is -0.508 e. The predicted octanol–water partition coefficient (Wildman–Crippen LogP) is 3.18. The van der Waals surface area contributed by atoms with Gasteiger partial charge in [0.2, 0.25) is 5.91 Å². The minimum absolute atomic E-state index is 0.0416. The van der Waals surface area contributed by atoms with Gasteiger partial charge in [-0.2, -0.15) is 0 Å². The van der Waals surface area contributed by atoms with Crippen molar-refractivity contribution in [3.8, 4) is 5.75 Å². The van der Waals surface area contributed by atoms with E-state index in [0.717, 1.165) is 11.3 Å². The van der Waals surface area contributed by atoms with E-state index >= 15 is 0 Å². The molecule has 0 aliphatic heterocycles. The van der Waals surface area contributed by atoms with E-state index in [9.17, 15) is 9.90 Å². The fourth-order valence-electron chi connectivity index (χ4n) is 1.31. The molecule has 1 rings (SSSR count). The Morgan fingerprint density at radius 2 is 1.94 bits per heavy atom. The third-order valence-corrected chi connectivity index (χ3v) is 3.98. The lowest BCUT2D eigenvalue weighted by atomic mass is 10.0. The van der Waals surface area contributed by atoms with Crippen LogP contribution in [-0.2, 0) is 4.79 Å². The molecule has 0 bridgehead atoms. The summed E-state index contributed by atoms with van der Waals surface area (Å²) in [4.78, 5) is 13.0. The zero-order chi connectivity index (χ0) is 13.8. The number of rotatable bonds is 5. The highest BCUT2D eigenvalue weighted by atomic mass is 32.2. The monoisotopic (exact) mass is 267 g/mol. The molecule has 1 aromatic carbocycles. The summed E-state index contributed by atoms with van der Waals surface area (Å²) in [7, 11) is 0. The van der Waals surface area contributed by atoms with Gasteiger partial charge in [-0.1, -0.05) is 6.92 Å². The summed E-state index contributed by atoms with van der Waals surface area (Å²) in [6, 6.07) is 6.88. The summed E-state index contributed by atoms with van der Waals surface area (Å²) < 4.78 is 0. The van der Waals surface area contributed by atoms with Crippen LogP contribution in [0.2, 0.25) is 0 Å². The largest absolute Gasteiger partial charge is 0.508 e. The Hall–Kier alpha value is -1.16. The van der Waals surface area contributed by atoms with E-state index in [-0.39, 0.29) is 22.4 Å². The van der Waals surface area contributed by atoms with Crippen LogP contribution in [0.3, 0.4) is 0 Å². The normalized spacial score (nSPS) is 13.1. The molecule has 0 aliphatic carbocycles. The molecule has 0 saturated heterocycles. The van der Waals surface area contributed by atoms with Crippen molar-refractivity contribution >= 4 is 17.7 Å². The molecule has 100 valence electrons. The lowest BCUT2D eigenvalue weighted by Gasteiger charge is -2.26. The Labute approximate surface area is 113 Å². The molecular formula is C14H21NO2S. The van der Waals surface area contributed by atoms with Crippen LogP contribution in [0, 0.1) is 0 Å². The van der Waals surface area contributed by atoms with Crippen LogP contribution in [0.5, 0.6) is 5.75 Å². The van der Waals surface area contributed by atoms with E-state index < -0.39 is 0 Å². The molecule has 2 N–H and O–H groups in total. The maximum absolute atomic E-state index is 12.0. The summed E-state index contributed by atoms with van der Waals surface area (Å²) in [6.45, 7) is 7.97. The van der Waals surface area contributed by atoms with E-state index in [2.05, 4.69) is 12.2 Å². The van der Waals surface area contributed by atoms with Gasteiger partial charge >= 0.3 is 0 Å². The van der Waals surface area contributed by atoms with Crippen LogP contribution in [0.15, 0.2) is 29.2 Å². The number of amides is 1. The number of carbonyl (C=O) groups excluding carboxylic acids is 1. The molecule has 0 unspecified atom stereocenters. The standard InChI is InChI=1S/C14H21NO2S/c1-5-14(3,4)15-13(17)10(2)18-12-8-6-11(16)7-9-12/h6-10,16H,5H2,1-4H3,(H,15,17)/t10-/m1/s1. The van der Waals surface area contributed by atoms with Crippen molar-refractivity contribution in [3.05, 3.63) is 24.3 Å². The molecule has 18 heavy (non-hydrogen) atoms. The van der Waals surface area contributed by atoms with Crippen molar-refractivity contribution in [1.82, 2.24) is 5.32 Å². The first-order chi connectivity index (χ1) is 8.34. The third kappa shape index (κ3) is 4.61. The summed E-state index contributed by atoms with van der Waals surface area (Å²) in [6.07, 6.45) is 0.898. The van der Waals surface area contributed by atoms with Crippen molar-refractivity contribution < 1.29 is 9.90 Å². The molecule has 0 spiro atoms. The van der Waals surface area contributed by atoms with Crippen molar-refractivity contribution in [2.24, 2.45) is 0 Å². The summed E-state index contributed by atoms with van der Waals surface area (Å²) >= 11 is 1.49. The van der Waals surface area contributed by atoms with Crippen LogP contribution < -0.4 is 5.32 Å². The van der Waals surface area contributed by atoms with Crippen LogP contribution in [0.1, 0.15) is 34.1 Å². The second-order valence-corrected chi connectivity index (χ2v) is 6.39. The first-order valence-electron chi connectivity index (χ1n) is 6.12. The predicted molar refractivity (Wildman–Crippen MR) is 75.9 cm³/mol. The number of thioether (sulfide) groups is 1. The van der Waals surface area contributed by atoms with Crippen LogP contribution in [0.4, 0.5) is 0 Å². The van der Waals surface area contributed by atoms with E-state index in [4.69, 9.17) is 0 Å². The second-order valence-electron chi connectivity index (χ2n) is 4.98. The van der Waals surface area contributed by atoms with E-state index in [1.807, 2.05) is 32.9 Å². The molecule has 1 atom stereocenters. The summed E-state index contributed by atoms with van der Waals surface area (Å²) in [5.74, 6) is 0.281. The zero-order valence-corrected chi connectivity index (χ0v) is 12.2. The van der Waals surface area contributed by atoms with Crippen molar-refractivity contribution in [2.75, 3.05) is 0 Å². The van der Waals surface area contributed by atoms with E-state index in [0.29, 0.717) is 0 Å². The Balaban J connectivity index is 2.57. The van der Waals surface area contributed by atoms with Gasteiger partial charge in [-0.3, -0.25) is 4.79 Å². The van der Waals surface area contributed by atoms with Gasteiger partial charge in [0.1, 0.15) is 5.75 Å². The Bertz CT molecular complexity index is 401. The smallest absolute Gasteiger partial charge is 0.233 e. The summed E-state index contributed by atoms with van der Waals surface area (Å²) in [5, 5.41) is 12.1. The van der Waals surface area contributed by atoms with Gasteiger partial charge in [0.15, 0.2) is 0 Å². The fraction of sp³-hybridized carbons (Fsp3) is 0.500. The average molecular weight is 267 g/mol. The van der Waals surface area contributed by atoms with Crippen molar-refractivity contribution in [1.29, 1.82) is 0 Å². The van der Waals surface area contributed by atoms with Gasteiger partial charge < -0.3 is 10.4 Å². The van der Waals surface area contributed by atoms with E-state index in [1.165, 1.54) is 11.8 Å². The topological polar surface area (TPSA) is 49.3 Å². The number of nitrogens with one attached hydrogen (secondary N) is 1. The van der Waals surface area contributed by atoms with Gasteiger partial charge in [0.05, 0.1) is 5.25 Å². The molecule has 1 amide bonds. The van der Waals surface area contributed by atoms with Crippen molar-refractivity contribution in [2.45, 2.75) is 49.8 Å². The number of carbonyl (C=O) groups is 1. The Kier molecular flexibility index (Phi) is 5.08. The quantitative estimate of drug-likeness (QED) is 0.806.